The summed E-state index contributed by atoms with van der Waals surface area (Å²) in [6.45, 7) is 8.69. The summed E-state index contributed by atoms with van der Waals surface area (Å²) in [7, 11) is 0. The third-order valence-electron chi connectivity index (χ3n) is 4.50. The number of hydrogen-bond donors (Lipinski definition) is 2. The van der Waals surface area contributed by atoms with Crippen LogP contribution in [0.3, 0.4) is 0 Å². The van der Waals surface area contributed by atoms with Crippen molar-refractivity contribution < 1.29 is 4.79 Å². The maximum absolute atomic E-state index is 12.1. The Morgan fingerprint density at radius 3 is 2.18 bits per heavy atom. The third kappa shape index (κ3) is 1.70. The Hall–Kier alpha value is -1.51. The van der Waals surface area contributed by atoms with Crippen molar-refractivity contribution in [2.75, 3.05) is 5.73 Å². The molecule has 1 aromatic rings. The predicted octanol–water partition coefficient (Wildman–Crippen LogP) is 2.43. The molecule has 1 fully saturated rings. The number of nitrogen functional groups attached to an aromatic ring is 1. The quantitative estimate of drug-likeness (QED) is 0.769. The van der Waals surface area contributed by atoms with Gasteiger partial charge < -0.3 is 11.1 Å². The van der Waals surface area contributed by atoms with Gasteiger partial charge in [-0.25, -0.2) is 0 Å². The highest BCUT2D eigenvalue weighted by molar-refractivity contribution is 5.99. The summed E-state index contributed by atoms with van der Waals surface area (Å²) >= 11 is 0. The van der Waals surface area contributed by atoms with Crippen LogP contribution < -0.4 is 11.1 Å². The second-order valence-electron chi connectivity index (χ2n) is 5.94. The summed E-state index contributed by atoms with van der Waals surface area (Å²) in [4.78, 5) is 12.1. The van der Waals surface area contributed by atoms with Crippen LogP contribution >= 0.6 is 0 Å². The summed E-state index contributed by atoms with van der Waals surface area (Å²) in [6, 6.07) is 7.37. The number of rotatable bonds is 2. The fourth-order valence-corrected chi connectivity index (χ4v) is 2.47. The minimum absolute atomic E-state index is 0.0771. The SMILES string of the molecule is CC1(C)C(NC(=O)c2ccccc2N)C1(C)C. The van der Waals surface area contributed by atoms with E-state index in [0.717, 1.165) is 0 Å². The highest BCUT2D eigenvalue weighted by atomic mass is 16.1. The van der Waals surface area contributed by atoms with Crippen LogP contribution in [0.1, 0.15) is 38.1 Å². The molecule has 0 atom stereocenters. The molecular formula is C14H20N2O. The lowest BCUT2D eigenvalue weighted by Crippen LogP contribution is -2.30. The summed E-state index contributed by atoms with van der Waals surface area (Å²) in [5, 5.41) is 3.07. The van der Waals surface area contributed by atoms with Crippen LogP contribution in [0.4, 0.5) is 5.69 Å². The Balaban J connectivity index is 2.13. The number of benzene rings is 1. The van der Waals surface area contributed by atoms with Crippen molar-refractivity contribution in [2.24, 2.45) is 10.8 Å². The van der Waals surface area contributed by atoms with Crippen LogP contribution in [0.15, 0.2) is 24.3 Å². The number of amides is 1. The molecule has 1 aromatic carbocycles. The van der Waals surface area contributed by atoms with Gasteiger partial charge >= 0.3 is 0 Å². The molecule has 1 amide bonds. The molecule has 0 heterocycles. The van der Waals surface area contributed by atoms with Gasteiger partial charge in [-0.2, -0.15) is 0 Å². The van der Waals surface area contributed by atoms with Crippen LogP contribution in [0.2, 0.25) is 0 Å². The van der Waals surface area contributed by atoms with E-state index in [1.165, 1.54) is 0 Å². The zero-order valence-electron chi connectivity index (χ0n) is 10.9. The van der Waals surface area contributed by atoms with Crippen LogP contribution in [0.5, 0.6) is 0 Å². The first-order valence-corrected chi connectivity index (χ1v) is 5.94. The molecule has 0 unspecified atom stereocenters. The topological polar surface area (TPSA) is 55.1 Å². The van der Waals surface area contributed by atoms with Crippen molar-refractivity contribution in [3.8, 4) is 0 Å². The van der Waals surface area contributed by atoms with Crippen molar-refractivity contribution >= 4 is 11.6 Å². The van der Waals surface area contributed by atoms with Gasteiger partial charge in [0, 0.05) is 11.7 Å². The van der Waals surface area contributed by atoms with E-state index < -0.39 is 0 Å². The van der Waals surface area contributed by atoms with E-state index in [4.69, 9.17) is 5.73 Å². The zero-order valence-corrected chi connectivity index (χ0v) is 10.9. The largest absolute Gasteiger partial charge is 0.398 e. The highest BCUT2D eigenvalue weighted by Gasteiger charge is 2.65. The lowest BCUT2D eigenvalue weighted by atomic mass is 10.0. The molecule has 1 aliphatic carbocycles. The van der Waals surface area contributed by atoms with Gasteiger partial charge in [-0.3, -0.25) is 4.79 Å². The Bertz CT molecular complexity index is 449. The van der Waals surface area contributed by atoms with E-state index in [1.807, 2.05) is 12.1 Å². The van der Waals surface area contributed by atoms with Crippen LogP contribution in [-0.4, -0.2) is 11.9 Å². The van der Waals surface area contributed by atoms with Gasteiger partial charge in [-0.1, -0.05) is 39.8 Å². The Kier molecular flexibility index (Phi) is 2.45. The first-order valence-electron chi connectivity index (χ1n) is 5.94. The van der Waals surface area contributed by atoms with Gasteiger partial charge in [0.05, 0.1) is 5.56 Å². The second kappa shape index (κ2) is 3.49. The Morgan fingerprint density at radius 2 is 1.71 bits per heavy atom. The molecule has 92 valence electrons. The second-order valence-corrected chi connectivity index (χ2v) is 5.94. The van der Waals surface area contributed by atoms with E-state index in [0.29, 0.717) is 11.3 Å². The van der Waals surface area contributed by atoms with Crippen LogP contribution in [0.25, 0.3) is 0 Å². The minimum Gasteiger partial charge on any atom is -0.398 e. The van der Waals surface area contributed by atoms with E-state index in [9.17, 15) is 4.79 Å². The van der Waals surface area contributed by atoms with Gasteiger partial charge in [0.2, 0.25) is 0 Å². The number of nitrogens with one attached hydrogen (secondary N) is 1. The molecule has 3 nitrogen and oxygen atoms in total. The summed E-state index contributed by atoms with van der Waals surface area (Å²) < 4.78 is 0. The van der Waals surface area contributed by atoms with Gasteiger partial charge in [0.15, 0.2) is 0 Å². The van der Waals surface area contributed by atoms with Crippen molar-refractivity contribution in [2.45, 2.75) is 33.7 Å². The van der Waals surface area contributed by atoms with Gasteiger partial charge in [0.25, 0.3) is 5.91 Å². The monoisotopic (exact) mass is 232 g/mol. The normalized spacial score (nSPS) is 20.9. The van der Waals surface area contributed by atoms with Crippen molar-refractivity contribution in [1.82, 2.24) is 5.32 Å². The number of carbonyl (C=O) groups is 1. The fourth-order valence-electron chi connectivity index (χ4n) is 2.47. The van der Waals surface area contributed by atoms with Crippen molar-refractivity contribution in [3.63, 3.8) is 0 Å². The Morgan fingerprint density at radius 1 is 1.18 bits per heavy atom. The highest BCUT2D eigenvalue weighted by Crippen LogP contribution is 2.62. The van der Waals surface area contributed by atoms with Crippen LogP contribution in [0, 0.1) is 10.8 Å². The lowest BCUT2D eigenvalue weighted by Gasteiger charge is -2.08. The first-order chi connectivity index (χ1) is 7.78. The minimum atomic E-state index is -0.0771. The molecule has 0 saturated heterocycles. The summed E-state index contributed by atoms with van der Waals surface area (Å²) in [6.07, 6.45) is 0. The Labute approximate surface area is 102 Å². The van der Waals surface area contributed by atoms with E-state index in [-0.39, 0.29) is 22.8 Å². The number of anilines is 1. The summed E-state index contributed by atoms with van der Waals surface area (Å²) in [5.41, 5.74) is 7.17. The van der Waals surface area contributed by atoms with E-state index in [1.54, 1.807) is 12.1 Å². The molecule has 0 bridgehead atoms. The van der Waals surface area contributed by atoms with Gasteiger partial charge in [-0.15, -0.1) is 0 Å². The van der Waals surface area contributed by atoms with E-state index in [2.05, 4.69) is 33.0 Å². The molecule has 3 N–H and O–H groups in total. The predicted molar refractivity (Wildman–Crippen MR) is 69.7 cm³/mol. The average Bonchev–Trinajstić information content (AvgIpc) is 2.61. The molecule has 2 rings (SSSR count). The molecule has 0 aromatic heterocycles. The first kappa shape index (κ1) is 12.0. The molecule has 0 radical (unpaired) electrons. The molecule has 1 aliphatic rings. The maximum Gasteiger partial charge on any atom is 0.253 e. The maximum atomic E-state index is 12.1. The van der Waals surface area contributed by atoms with Crippen molar-refractivity contribution in [3.05, 3.63) is 29.8 Å². The van der Waals surface area contributed by atoms with Crippen molar-refractivity contribution in [1.29, 1.82) is 0 Å². The van der Waals surface area contributed by atoms with E-state index >= 15 is 0 Å². The van der Waals surface area contributed by atoms with Crippen LogP contribution in [-0.2, 0) is 0 Å². The van der Waals surface area contributed by atoms with Gasteiger partial charge in [-0.05, 0) is 23.0 Å². The number of hydrogen-bond acceptors (Lipinski definition) is 2. The molecule has 3 heteroatoms. The smallest absolute Gasteiger partial charge is 0.253 e. The number of carbonyl (C=O) groups excluding carboxylic acids is 1. The number of para-hydroxylation sites is 1. The van der Waals surface area contributed by atoms with Gasteiger partial charge in [0.1, 0.15) is 0 Å². The summed E-state index contributed by atoms with van der Waals surface area (Å²) in [5.74, 6) is -0.0771. The molecule has 0 spiro atoms. The number of nitrogens with two attached hydrogens (primary N) is 1. The third-order valence-corrected chi connectivity index (χ3v) is 4.50. The average molecular weight is 232 g/mol. The molecule has 0 aliphatic heterocycles. The molecular weight excluding hydrogens is 212 g/mol. The zero-order chi connectivity index (χ0) is 12.8. The standard InChI is InChI=1S/C14H20N2O/c1-13(2)12(14(13,3)4)16-11(17)9-7-5-6-8-10(9)15/h5-8,12H,15H2,1-4H3,(H,16,17). The molecule has 17 heavy (non-hydrogen) atoms. The molecule has 1 saturated carbocycles. The lowest BCUT2D eigenvalue weighted by molar-refractivity contribution is 0.0944. The fraction of sp³-hybridized carbons (Fsp3) is 0.500.